The van der Waals surface area contributed by atoms with Gasteiger partial charge in [-0.1, -0.05) is 26.0 Å². The van der Waals surface area contributed by atoms with Gasteiger partial charge >= 0.3 is 0 Å². The van der Waals surface area contributed by atoms with Crippen LogP contribution in [0.25, 0.3) is 0 Å². The topological polar surface area (TPSA) is 53.6 Å². The minimum Gasteiger partial charge on any atom is -0.370 e. The van der Waals surface area contributed by atoms with Crippen molar-refractivity contribution in [3.63, 3.8) is 0 Å². The molecular formula is C15H29IN4. The number of nitrogens with zero attached hydrogens (tertiary/aromatic N) is 2. The van der Waals surface area contributed by atoms with Crippen molar-refractivity contribution in [3.8, 4) is 0 Å². The summed E-state index contributed by atoms with van der Waals surface area (Å²) < 4.78 is 0. The normalized spacial score (nSPS) is 16.7. The molecule has 0 saturated heterocycles. The summed E-state index contributed by atoms with van der Waals surface area (Å²) in [5.74, 6) is 1.09. The number of nitrogens with two attached hydrogens (primary N) is 1. The van der Waals surface area contributed by atoms with Gasteiger partial charge in [0.05, 0.1) is 6.54 Å². The fourth-order valence-electron chi connectivity index (χ4n) is 2.10. The smallest absolute Gasteiger partial charge is 0.188 e. The molecule has 1 unspecified atom stereocenters. The van der Waals surface area contributed by atoms with Crippen LogP contribution in [0.4, 0.5) is 0 Å². The molecule has 5 heteroatoms. The minimum atomic E-state index is 0. The van der Waals surface area contributed by atoms with Crippen molar-refractivity contribution in [3.05, 3.63) is 25.3 Å². The Bertz CT molecular complexity index is 314. The Kier molecular flexibility index (Phi) is 9.92. The van der Waals surface area contributed by atoms with Gasteiger partial charge in [-0.2, -0.15) is 0 Å². The van der Waals surface area contributed by atoms with E-state index in [0.29, 0.717) is 30.5 Å². The third-order valence-corrected chi connectivity index (χ3v) is 3.34. The molecule has 0 aromatic carbocycles. The number of halogens is 1. The van der Waals surface area contributed by atoms with Gasteiger partial charge in [-0.3, -0.25) is 9.89 Å². The molecule has 4 nitrogen and oxygen atoms in total. The summed E-state index contributed by atoms with van der Waals surface area (Å²) in [6.07, 6.45) is 6.27. The van der Waals surface area contributed by atoms with Gasteiger partial charge in [0.1, 0.15) is 0 Å². The first-order valence-corrected chi connectivity index (χ1v) is 7.10. The molecule has 0 spiro atoms. The maximum Gasteiger partial charge on any atom is 0.188 e. The standard InChI is InChI=1S/C15H28N4.HI/c1-5-9-19(10-6-2)14(12(3)4)11-17-15(16)18-13-7-8-13;/h5-6,12-14H,1-2,7-11H2,3-4H3,(H3,16,17,18);1H. The Morgan fingerprint density at radius 2 is 1.90 bits per heavy atom. The molecule has 0 aliphatic heterocycles. The van der Waals surface area contributed by atoms with Crippen LogP contribution in [0.15, 0.2) is 30.3 Å². The average molecular weight is 392 g/mol. The molecule has 0 amide bonds. The summed E-state index contributed by atoms with van der Waals surface area (Å²) in [5, 5.41) is 3.22. The fourth-order valence-corrected chi connectivity index (χ4v) is 2.10. The van der Waals surface area contributed by atoms with Crippen molar-refractivity contribution >= 4 is 29.9 Å². The van der Waals surface area contributed by atoms with E-state index in [-0.39, 0.29) is 24.0 Å². The van der Waals surface area contributed by atoms with E-state index in [9.17, 15) is 0 Å². The van der Waals surface area contributed by atoms with Crippen LogP contribution in [0.2, 0.25) is 0 Å². The molecule has 1 atom stereocenters. The van der Waals surface area contributed by atoms with Crippen LogP contribution in [-0.2, 0) is 0 Å². The van der Waals surface area contributed by atoms with E-state index in [1.54, 1.807) is 0 Å². The Morgan fingerprint density at radius 1 is 1.35 bits per heavy atom. The second kappa shape index (κ2) is 10.2. The maximum atomic E-state index is 5.89. The lowest BCUT2D eigenvalue weighted by molar-refractivity contribution is 0.195. The van der Waals surface area contributed by atoms with Gasteiger partial charge in [-0.05, 0) is 18.8 Å². The lowest BCUT2D eigenvalue weighted by Gasteiger charge is -2.31. The van der Waals surface area contributed by atoms with Gasteiger partial charge in [-0.25, -0.2) is 0 Å². The highest BCUT2D eigenvalue weighted by atomic mass is 127. The molecule has 0 aromatic heterocycles. The van der Waals surface area contributed by atoms with Crippen LogP contribution in [0.5, 0.6) is 0 Å². The van der Waals surface area contributed by atoms with Crippen molar-refractivity contribution in [1.82, 2.24) is 10.2 Å². The van der Waals surface area contributed by atoms with Gasteiger partial charge < -0.3 is 11.1 Å². The van der Waals surface area contributed by atoms with Crippen LogP contribution in [0.1, 0.15) is 26.7 Å². The summed E-state index contributed by atoms with van der Waals surface area (Å²) in [6.45, 7) is 14.5. The second-order valence-electron chi connectivity index (χ2n) is 5.49. The monoisotopic (exact) mass is 392 g/mol. The Hall–Kier alpha value is -0.560. The first-order valence-electron chi connectivity index (χ1n) is 7.10. The molecule has 3 N–H and O–H groups in total. The zero-order valence-corrected chi connectivity index (χ0v) is 15.0. The van der Waals surface area contributed by atoms with Crippen molar-refractivity contribution < 1.29 is 0 Å². The zero-order chi connectivity index (χ0) is 14.3. The second-order valence-corrected chi connectivity index (χ2v) is 5.49. The molecule has 1 aliphatic carbocycles. The van der Waals surface area contributed by atoms with Gasteiger partial charge in [-0.15, -0.1) is 37.1 Å². The van der Waals surface area contributed by atoms with Gasteiger partial charge in [0.25, 0.3) is 0 Å². The number of nitrogens with one attached hydrogen (secondary N) is 1. The summed E-state index contributed by atoms with van der Waals surface area (Å²) in [4.78, 5) is 6.82. The number of hydrogen-bond acceptors (Lipinski definition) is 2. The molecule has 1 rings (SSSR count). The van der Waals surface area contributed by atoms with Crippen LogP contribution in [0.3, 0.4) is 0 Å². The lowest BCUT2D eigenvalue weighted by Crippen LogP contribution is -2.43. The number of guanidine groups is 1. The minimum absolute atomic E-state index is 0. The quantitative estimate of drug-likeness (QED) is 0.274. The fraction of sp³-hybridized carbons (Fsp3) is 0.667. The maximum absolute atomic E-state index is 5.89. The first kappa shape index (κ1) is 19.4. The SMILES string of the molecule is C=CCN(CC=C)C(CN=C(N)NC1CC1)C(C)C.I. The summed E-state index contributed by atoms with van der Waals surface area (Å²) in [5.41, 5.74) is 5.89. The van der Waals surface area contributed by atoms with E-state index >= 15 is 0 Å². The molecule has 0 heterocycles. The molecule has 0 bridgehead atoms. The summed E-state index contributed by atoms with van der Waals surface area (Å²) >= 11 is 0. The highest BCUT2D eigenvalue weighted by molar-refractivity contribution is 14.0. The molecule has 20 heavy (non-hydrogen) atoms. The van der Waals surface area contributed by atoms with E-state index in [0.717, 1.165) is 13.1 Å². The van der Waals surface area contributed by atoms with Crippen molar-refractivity contribution in [2.24, 2.45) is 16.6 Å². The van der Waals surface area contributed by atoms with Crippen LogP contribution < -0.4 is 11.1 Å². The third-order valence-electron chi connectivity index (χ3n) is 3.34. The van der Waals surface area contributed by atoms with Gasteiger partial charge in [0.15, 0.2) is 5.96 Å². The number of rotatable bonds is 9. The molecular weight excluding hydrogens is 363 g/mol. The molecule has 1 fully saturated rings. The first-order chi connectivity index (χ1) is 9.08. The van der Waals surface area contributed by atoms with Gasteiger partial charge in [0.2, 0.25) is 0 Å². The molecule has 116 valence electrons. The van der Waals surface area contributed by atoms with E-state index in [2.05, 4.69) is 42.2 Å². The Morgan fingerprint density at radius 3 is 2.30 bits per heavy atom. The highest BCUT2D eigenvalue weighted by Gasteiger charge is 2.22. The zero-order valence-electron chi connectivity index (χ0n) is 12.7. The third kappa shape index (κ3) is 7.28. The number of hydrogen-bond donors (Lipinski definition) is 2. The van der Waals surface area contributed by atoms with E-state index in [1.807, 2.05) is 12.2 Å². The van der Waals surface area contributed by atoms with E-state index in [4.69, 9.17) is 5.73 Å². The number of aliphatic imine (C=N–C) groups is 1. The molecule has 1 aliphatic rings. The van der Waals surface area contributed by atoms with Crippen molar-refractivity contribution in [2.45, 2.75) is 38.8 Å². The van der Waals surface area contributed by atoms with Gasteiger partial charge in [0, 0.05) is 25.2 Å². The molecule has 0 radical (unpaired) electrons. The van der Waals surface area contributed by atoms with Crippen molar-refractivity contribution in [2.75, 3.05) is 19.6 Å². The van der Waals surface area contributed by atoms with E-state index in [1.165, 1.54) is 12.8 Å². The predicted molar refractivity (Wildman–Crippen MR) is 98.7 cm³/mol. The highest BCUT2D eigenvalue weighted by Crippen LogP contribution is 2.18. The molecule has 1 saturated carbocycles. The van der Waals surface area contributed by atoms with Crippen LogP contribution in [0, 0.1) is 5.92 Å². The predicted octanol–water partition coefficient (Wildman–Crippen LogP) is 2.37. The Labute approximate surface area is 140 Å². The lowest BCUT2D eigenvalue weighted by atomic mass is 10.0. The largest absolute Gasteiger partial charge is 0.370 e. The van der Waals surface area contributed by atoms with Crippen LogP contribution >= 0.6 is 24.0 Å². The average Bonchev–Trinajstić information content (AvgIpc) is 3.13. The summed E-state index contributed by atoms with van der Waals surface area (Å²) in [6, 6.07) is 0.911. The Balaban J connectivity index is 0.00000361. The van der Waals surface area contributed by atoms with Crippen LogP contribution in [-0.4, -0.2) is 42.6 Å². The van der Waals surface area contributed by atoms with E-state index < -0.39 is 0 Å². The molecule has 0 aromatic rings. The van der Waals surface area contributed by atoms with Crippen molar-refractivity contribution in [1.29, 1.82) is 0 Å². The summed E-state index contributed by atoms with van der Waals surface area (Å²) in [7, 11) is 0.